The Labute approximate surface area is 174 Å². The third-order valence-corrected chi connectivity index (χ3v) is 2.87. The number of Topliss-reactive ketones (excluding diaryl/α,β-unsaturated/α-hetero) is 2. The Morgan fingerprint density at radius 1 is 0.600 bits per heavy atom. The minimum Gasteiger partial charge on any atom is -0.542 e. The quantitative estimate of drug-likeness (QED) is 0.464. The molecule has 7 heteroatoms. The van der Waals surface area contributed by atoms with Crippen LogP contribution < -0.4 is 10.2 Å². The molecule has 0 saturated heterocycles. The van der Waals surface area contributed by atoms with Crippen LogP contribution in [0.4, 0.5) is 0 Å². The zero-order valence-corrected chi connectivity index (χ0v) is 15.6. The summed E-state index contributed by atoms with van der Waals surface area (Å²) in [5, 5.41) is 20.1. The van der Waals surface area contributed by atoms with E-state index in [1.165, 1.54) is 0 Å². The van der Waals surface area contributed by atoms with Crippen LogP contribution >= 0.6 is 0 Å². The maximum absolute atomic E-state index is 10.7. The van der Waals surface area contributed by atoms with Gasteiger partial charge in [0, 0.05) is 12.8 Å². The van der Waals surface area contributed by atoms with Crippen molar-refractivity contribution in [3.63, 3.8) is 0 Å². The number of ketones is 2. The maximum Gasteiger partial charge on any atom is 2.00 e. The van der Waals surface area contributed by atoms with E-state index < -0.39 is 23.5 Å². The minimum absolute atomic E-state index is 0. The number of carboxylic acids is 2. The van der Waals surface area contributed by atoms with Gasteiger partial charge in [-0.2, -0.15) is 0 Å². The van der Waals surface area contributed by atoms with Crippen LogP contribution in [0.3, 0.4) is 0 Å². The van der Waals surface area contributed by atoms with E-state index >= 15 is 0 Å². The topological polar surface area (TPSA) is 114 Å². The first-order chi connectivity index (χ1) is 11.4. The van der Waals surface area contributed by atoms with Gasteiger partial charge >= 0.3 is 37.7 Å². The summed E-state index contributed by atoms with van der Waals surface area (Å²) < 4.78 is 0. The third-order valence-electron chi connectivity index (χ3n) is 2.87. The molecule has 0 aliphatic carbocycles. The largest absolute Gasteiger partial charge is 2.00 e. The molecule has 25 heavy (non-hydrogen) atoms. The molecule has 0 aliphatic heterocycles. The predicted molar refractivity (Wildman–Crippen MR) is 86.1 cm³/mol. The molecule has 2 rings (SSSR count). The Kier molecular flexibility index (Phi) is 11.4. The van der Waals surface area contributed by atoms with Crippen molar-refractivity contribution in [1.82, 2.24) is 0 Å². The smallest absolute Gasteiger partial charge is 0.542 e. The molecule has 0 atom stereocenters. The number of rotatable bonds is 6. The second-order valence-corrected chi connectivity index (χ2v) is 4.75. The Balaban J connectivity index is 0.000000443. The Bertz CT molecular complexity index is 649. The van der Waals surface area contributed by atoms with Gasteiger partial charge in [0.25, 0.3) is 0 Å². The van der Waals surface area contributed by atoms with Gasteiger partial charge in [0.2, 0.25) is 0 Å². The van der Waals surface area contributed by atoms with E-state index in [9.17, 15) is 29.4 Å². The number of carboxylic acid groups (broad SMARTS) is 2. The molecule has 2 aromatic carbocycles. The zero-order chi connectivity index (χ0) is 17.9. The number of carbonyl (C=O) groups excluding carboxylic acids is 4. The Hall–Kier alpha value is -2.02. The van der Waals surface area contributed by atoms with E-state index in [2.05, 4.69) is 0 Å². The standard InChI is InChI=1S/2C9H8O3.Ca/c2*10-8(9(11)12)6-7-4-2-1-3-5-7;/h2*1-5H,6H2,(H,11,12);/q;;+2/p-2. The van der Waals surface area contributed by atoms with E-state index in [1.807, 2.05) is 0 Å². The van der Waals surface area contributed by atoms with Crippen molar-refractivity contribution in [2.75, 3.05) is 0 Å². The van der Waals surface area contributed by atoms with Gasteiger partial charge in [-0.25, -0.2) is 0 Å². The van der Waals surface area contributed by atoms with E-state index in [-0.39, 0.29) is 50.6 Å². The monoisotopic (exact) mass is 366 g/mol. The molecule has 0 heterocycles. The first-order valence-electron chi connectivity index (χ1n) is 6.96. The summed E-state index contributed by atoms with van der Waals surface area (Å²) in [5.74, 6) is -5.03. The second-order valence-electron chi connectivity index (χ2n) is 4.75. The van der Waals surface area contributed by atoms with Gasteiger partial charge in [-0.05, 0) is 11.1 Å². The number of carbonyl (C=O) groups is 4. The number of hydrogen-bond acceptors (Lipinski definition) is 6. The molecule has 0 fully saturated rings. The molecule has 0 spiro atoms. The van der Waals surface area contributed by atoms with Crippen LogP contribution in [-0.4, -0.2) is 61.2 Å². The summed E-state index contributed by atoms with van der Waals surface area (Å²) in [6, 6.07) is 17.4. The van der Waals surface area contributed by atoms with Crippen LogP contribution in [0, 0.1) is 0 Å². The molecule has 0 aromatic heterocycles. The molecule has 2 aromatic rings. The van der Waals surface area contributed by atoms with Gasteiger partial charge in [-0.15, -0.1) is 0 Å². The maximum atomic E-state index is 10.7. The van der Waals surface area contributed by atoms with Crippen LogP contribution in [0.15, 0.2) is 60.7 Å². The van der Waals surface area contributed by atoms with Gasteiger partial charge in [0.05, 0.1) is 0 Å². The van der Waals surface area contributed by atoms with Crippen LogP contribution in [0.5, 0.6) is 0 Å². The summed E-state index contributed by atoms with van der Waals surface area (Å²) in [4.78, 5) is 41.4. The van der Waals surface area contributed by atoms with Gasteiger partial charge in [-0.3, -0.25) is 9.59 Å². The molecular formula is C18H14CaO6. The van der Waals surface area contributed by atoms with Crippen molar-refractivity contribution < 1.29 is 29.4 Å². The van der Waals surface area contributed by atoms with Crippen molar-refractivity contribution in [3.05, 3.63) is 71.8 Å². The number of benzene rings is 2. The molecule has 0 amide bonds. The summed E-state index contributed by atoms with van der Waals surface area (Å²) in [5.41, 5.74) is 1.37. The van der Waals surface area contributed by atoms with Crippen LogP contribution in [0.1, 0.15) is 11.1 Å². The molecule has 124 valence electrons. The molecular weight excluding hydrogens is 352 g/mol. The second kappa shape index (κ2) is 12.4. The average molecular weight is 366 g/mol. The third kappa shape index (κ3) is 9.76. The molecule has 0 radical (unpaired) electrons. The van der Waals surface area contributed by atoms with Crippen molar-refractivity contribution in [2.45, 2.75) is 12.8 Å². The SMILES string of the molecule is O=C([O-])C(=O)Cc1ccccc1.O=C([O-])C(=O)Cc1ccccc1.[Ca+2]. The molecule has 0 saturated carbocycles. The minimum atomic E-state index is -1.63. The number of aliphatic carboxylic acids is 2. The Morgan fingerprint density at radius 2 is 0.880 bits per heavy atom. The van der Waals surface area contributed by atoms with Crippen molar-refractivity contribution in [3.8, 4) is 0 Å². The fraction of sp³-hybridized carbons (Fsp3) is 0.111. The van der Waals surface area contributed by atoms with Gasteiger partial charge in [0.1, 0.15) is 11.9 Å². The summed E-state index contributed by atoms with van der Waals surface area (Å²) >= 11 is 0. The first kappa shape index (κ1) is 23.0. The van der Waals surface area contributed by atoms with Crippen molar-refractivity contribution in [2.24, 2.45) is 0 Å². The van der Waals surface area contributed by atoms with Gasteiger partial charge in [-0.1, -0.05) is 60.7 Å². The number of hydrogen-bond donors (Lipinski definition) is 0. The summed E-state index contributed by atoms with van der Waals surface area (Å²) in [7, 11) is 0. The summed E-state index contributed by atoms with van der Waals surface area (Å²) in [6.45, 7) is 0. The molecule has 0 bridgehead atoms. The molecule has 0 aliphatic rings. The fourth-order valence-electron chi connectivity index (χ4n) is 1.71. The average Bonchev–Trinajstić information content (AvgIpc) is 2.57. The predicted octanol–water partition coefficient (Wildman–Crippen LogP) is -1.28. The Morgan fingerprint density at radius 3 is 1.12 bits per heavy atom. The van der Waals surface area contributed by atoms with Gasteiger partial charge < -0.3 is 19.8 Å². The van der Waals surface area contributed by atoms with Crippen LogP contribution in [-0.2, 0) is 32.0 Å². The van der Waals surface area contributed by atoms with E-state index in [0.29, 0.717) is 11.1 Å². The summed E-state index contributed by atoms with van der Waals surface area (Å²) in [6.07, 6.45) is -0.188. The van der Waals surface area contributed by atoms with E-state index in [0.717, 1.165) is 0 Å². The van der Waals surface area contributed by atoms with Crippen LogP contribution in [0.2, 0.25) is 0 Å². The molecule has 0 unspecified atom stereocenters. The first-order valence-corrected chi connectivity index (χ1v) is 6.96. The normalized spacial score (nSPS) is 8.96. The van der Waals surface area contributed by atoms with Crippen molar-refractivity contribution in [1.29, 1.82) is 0 Å². The zero-order valence-electron chi connectivity index (χ0n) is 13.3. The molecule has 6 nitrogen and oxygen atoms in total. The molecule has 0 N–H and O–H groups in total. The van der Waals surface area contributed by atoms with Gasteiger partial charge in [0.15, 0.2) is 11.6 Å². The van der Waals surface area contributed by atoms with E-state index in [4.69, 9.17) is 0 Å². The van der Waals surface area contributed by atoms with E-state index in [1.54, 1.807) is 60.7 Å². The fourth-order valence-corrected chi connectivity index (χ4v) is 1.71. The van der Waals surface area contributed by atoms with Crippen molar-refractivity contribution >= 4 is 61.2 Å². The van der Waals surface area contributed by atoms with Crippen LogP contribution in [0.25, 0.3) is 0 Å².